The zero-order valence-electron chi connectivity index (χ0n) is 16.8. The molecule has 8 nitrogen and oxygen atoms in total. The summed E-state index contributed by atoms with van der Waals surface area (Å²) in [6.07, 6.45) is 6.67. The zero-order chi connectivity index (χ0) is 20.6. The molecule has 2 heterocycles. The number of aromatic nitrogens is 3. The Labute approximate surface area is 171 Å². The maximum Gasteiger partial charge on any atom is 0.251 e. The predicted octanol–water partition coefficient (Wildman–Crippen LogP) is 2.41. The van der Waals surface area contributed by atoms with E-state index in [1.54, 1.807) is 22.8 Å². The third-order valence-corrected chi connectivity index (χ3v) is 7.81. The molecule has 0 bridgehead atoms. The number of aryl methyl sites for hydroxylation is 1. The number of rotatable bonds is 6. The number of benzene rings is 1. The van der Waals surface area contributed by atoms with Crippen molar-refractivity contribution in [3.05, 3.63) is 41.5 Å². The van der Waals surface area contributed by atoms with Crippen molar-refractivity contribution in [3.63, 3.8) is 0 Å². The number of carbonyl (C=O) groups is 1. The lowest BCUT2D eigenvalue weighted by molar-refractivity contribution is 0.0948. The first-order valence-electron chi connectivity index (χ1n) is 10.2. The van der Waals surface area contributed by atoms with Crippen LogP contribution in [0.5, 0.6) is 0 Å². The number of sulfonamides is 1. The second kappa shape index (κ2) is 7.87. The van der Waals surface area contributed by atoms with Gasteiger partial charge in [-0.05, 0) is 57.2 Å². The Bertz CT molecular complexity index is 1010. The van der Waals surface area contributed by atoms with Gasteiger partial charge in [0.15, 0.2) is 5.82 Å². The molecule has 1 aliphatic heterocycles. The molecule has 9 heteroatoms. The van der Waals surface area contributed by atoms with E-state index in [2.05, 4.69) is 15.5 Å². The van der Waals surface area contributed by atoms with E-state index >= 15 is 0 Å². The summed E-state index contributed by atoms with van der Waals surface area (Å²) in [7, 11) is -3.62. The molecule has 1 atom stereocenters. The fourth-order valence-electron chi connectivity index (χ4n) is 3.88. The van der Waals surface area contributed by atoms with E-state index in [0.29, 0.717) is 24.0 Å². The quantitative estimate of drug-likeness (QED) is 0.778. The van der Waals surface area contributed by atoms with Gasteiger partial charge in [0, 0.05) is 24.2 Å². The molecule has 1 unspecified atom stereocenters. The zero-order valence-corrected chi connectivity index (χ0v) is 17.7. The Morgan fingerprint density at radius 2 is 2.03 bits per heavy atom. The second-order valence-corrected chi connectivity index (χ2v) is 9.90. The van der Waals surface area contributed by atoms with E-state index < -0.39 is 10.0 Å². The molecule has 1 aliphatic carbocycles. The molecule has 4 rings (SSSR count). The molecular weight excluding hydrogens is 390 g/mol. The van der Waals surface area contributed by atoms with Crippen molar-refractivity contribution in [2.75, 3.05) is 6.54 Å². The van der Waals surface area contributed by atoms with Gasteiger partial charge in [-0.15, -0.1) is 10.2 Å². The molecule has 1 aromatic heterocycles. The lowest BCUT2D eigenvalue weighted by Crippen LogP contribution is -2.42. The van der Waals surface area contributed by atoms with E-state index in [-0.39, 0.29) is 23.4 Å². The van der Waals surface area contributed by atoms with Crippen LogP contribution < -0.4 is 5.32 Å². The molecule has 2 aliphatic rings. The summed E-state index contributed by atoms with van der Waals surface area (Å²) in [5.41, 5.74) is 1.10. The van der Waals surface area contributed by atoms with Crippen LogP contribution in [0.4, 0.5) is 0 Å². The van der Waals surface area contributed by atoms with Gasteiger partial charge in [-0.25, -0.2) is 8.42 Å². The van der Waals surface area contributed by atoms with Gasteiger partial charge in [0.25, 0.3) is 5.91 Å². The van der Waals surface area contributed by atoms with Crippen molar-refractivity contribution in [1.82, 2.24) is 24.4 Å². The van der Waals surface area contributed by atoms with Gasteiger partial charge < -0.3 is 9.88 Å². The molecule has 1 aromatic carbocycles. The van der Waals surface area contributed by atoms with Crippen LogP contribution in [0.25, 0.3) is 0 Å². The van der Waals surface area contributed by atoms with E-state index in [9.17, 15) is 13.2 Å². The molecule has 1 N–H and O–H groups in total. The van der Waals surface area contributed by atoms with E-state index in [4.69, 9.17) is 0 Å². The predicted molar refractivity (Wildman–Crippen MR) is 108 cm³/mol. The average molecular weight is 418 g/mol. The van der Waals surface area contributed by atoms with E-state index in [0.717, 1.165) is 37.7 Å². The van der Waals surface area contributed by atoms with Gasteiger partial charge in [-0.1, -0.05) is 12.5 Å². The summed E-state index contributed by atoms with van der Waals surface area (Å²) in [6, 6.07) is 5.18. The first-order valence-corrected chi connectivity index (χ1v) is 11.6. The van der Waals surface area contributed by atoms with Crippen molar-refractivity contribution in [2.24, 2.45) is 0 Å². The summed E-state index contributed by atoms with van der Waals surface area (Å²) in [4.78, 5) is 13.0. The Morgan fingerprint density at radius 1 is 1.24 bits per heavy atom. The number of nitrogens with one attached hydrogen (secondary N) is 1. The van der Waals surface area contributed by atoms with Crippen molar-refractivity contribution in [3.8, 4) is 0 Å². The van der Waals surface area contributed by atoms with Gasteiger partial charge in [0.05, 0.1) is 11.4 Å². The Morgan fingerprint density at radius 3 is 2.76 bits per heavy atom. The van der Waals surface area contributed by atoms with Crippen molar-refractivity contribution in [2.45, 2.75) is 69.5 Å². The molecule has 156 valence electrons. The summed E-state index contributed by atoms with van der Waals surface area (Å²) >= 11 is 0. The maximum atomic E-state index is 13.1. The summed E-state index contributed by atoms with van der Waals surface area (Å²) < 4.78 is 29.8. The van der Waals surface area contributed by atoms with Gasteiger partial charge in [-0.3, -0.25) is 4.79 Å². The highest BCUT2D eigenvalue weighted by Crippen LogP contribution is 2.35. The van der Waals surface area contributed by atoms with E-state index in [1.807, 2.05) is 18.4 Å². The Balaban J connectivity index is 1.53. The number of nitrogens with zero attached hydrogens (tertiary/aromatic N) is 4. The van der Waals surface area contributed by atoms with Gasteiger partial charge in [0.1, 0.15) is 6.33 Å². The van der Waals surface area contributed by atoms with Crippen LogP contribution in [0.3, 0.4) is 0 Å². The Kier molecular flexibility index (Phi) is 5.44. The third-order valence-electron chi connectivity index (χ3n) is 5.80. The molecule has 0 radical (unpaired) electrons. The molecule has 1 amide bonds. The summed E-state index contributed by atoms with van der Waals surface area (Å²) in [5.74, 6) is 0.404. The minimum absolute atomic E-state index is 0.0267. The highest BCUT2D eigenvalue weighted by molar-refractivity contribution is 7.89. The number of hydrogen-bond donors (Lipinski definition) is 1. The second-order valence-electron chi connectivity index (χ2n) is 8.01. The van der Waals surface area contributed by atoms with Crippen LogP contribution in [-0.4, -0.2) is 46.0 Å². The summed E-state index contributed by atoms with van der Waals surface area (Å²) in [5, 5.41) is 10.9. The number of carbonyl (C=O) groups excluding carboxylic acids is 1. The van der Waals surface area contributed by atoms with Crippen molar-refractivity contribution in [1.29, 1.82) is 0 Å². The molecule has 2 fully saturated rings. The Hall–Kier alpha value is -2.26. The highest BCUT2D eigenvalue weighted by Gasteiger charge is 2.31. The number of piperidine rings is 1. The smallest absolute Gasteiger partial charge is 0.251 e. The first-order chi connectivity index (χ1) is 13.9. The van der Waals surface area contributed by atoms with Crippen LogP contribution in [0.1, 0.15) is 66.8 Å². The topological polar surface area (TPSA) is 97.2 Å². The lowest BCUT2D eigenvalue weighted by atomic mass is 10.1. The van der Waals surface area contributed by atoms with Gasteiger partial charge in [-0.2, -0.15) is 4.31 Å². The fourth-order valence-corrected chi connectivity index (χ4v) is 5.60. The molecule has 1 saturated heterocycles. The first kappa shape index (κ1) is 20.0. The van der Waals surface area contributed by atoms with Gasteiger partial charge >= 0.3 is 0 Å². The normalized spacial score (nSPS) is 20.6. The van der Waals surface area contributed by atoms with Crippen LogP contribution in [0.2, 0.25) is 0 Å². The molecule has 29 heavy (non-hydrogen) atoms. The number of hydrogen-bond acceptors (Lipinski definition) is 5. The minimum Gasteiger partial charge on any atom is -0.345 e. The van der Waals surface area contributed by atoms with Crippen LogP contribution >= 0.6 is 0 Å². The van der Waals surface area contributed by atoms with Crippen LogP contribution in [-0.2, 0) is 16.6 Å². The van der Waals surface area contributed by atoms with Gasteiger partial charge in [0.2, 0.25) is 10.0 Å². The van der Waals surface area contributed by atoms with Crippen molar-refractivity contribution < 1.29 is 13.2 Å². The largest absolute Gasteiger partial charge is 0.345 e. The molecule has 1 saturated carbocycles. The molecule has 0 spiro atoms. The number of amides is 1. The van der Waals surface area contributed by atoms with Crippen LogP contribution in [0.15, 0.2) is 29.4 Å². The monoisotopic (exact) mass is 417 g/mol. The highest BCUT2D eigenvalue weighted by atomic mass is 32.2. The third kappa shape index (κ3) is 4.06. The lowest BCUT2D eigenvalue weighted by Gasteiger charge is -2.32. The van der Waals surface area contributed by atoms with Crippen LogP contribution in [0, 0.1) is 6.92 Å². The van der Waals surface area contributed by atoms with E-state index in [1.165, 1.54) is 6.07 Å². The van der Waals surface area contributed by atoms with Crippen molar-refractivity contribution >= 4 is 15.9 Å². The average Bonchev–Trinajstić information content (AvgIpc) is 3.44. The summed E-state index contributed by atoms with van der Waals surface area (Å²) in [6.45, 7) is 4.53. The minimum atomic E-state index is -3.62. The molecule has 2 aromatic rings. The molecular formula is C20H27N5O3S. The maximum absolute atomic E-state index is 13.1. The standard InChI is InChI=1S/C20H27N5O3S/c1-14-6-9-17(29(27,28)25-10-4-3-5-15(25)2)11-18(14)20(26)21-12-19-23-22-13-24(19)16-7-8-16/h6,9,11,13,15-16H,3-5,7-8,10,12H2,1-2H3,(H,21,26). The fraction of sp³-hybridized carbons (Fsp3) is 0.550. The SMILES string of the molecule is Cc1ccc(S(=O)(=O)N2CCCCC2C)cc1C(=O)NCc1nncn1C1CC1.